The maximum atomic E-state index is 14.1. The SMILES string of the molecule is C[C@@H](C(=O)N1CCOCC1)N1CCC(N(CCN2CCCC2)S(=O)(=O)c2ccc3cc(Cl)ccc3c2)C1=O. The second kappa shape index (κ2) is 11.5. The van der Waals surface area contributed by atoms with Gasteiger partial charge in [-0.3, -0.25) is 9.59 Å². The number of fused-ring (bicyclic) bond motifs is 1. The van der Waals surface area contributed by atoms with Crippen molar-refractivity contribution in [2.75, 3.05) is 59.0 Å². The fourth-order valence-corrected chi connectivity index (χ4v) is 7.52. The molecule has 38 heavy (non-hydrogen) atoms. The Bertz CT molecular complexity index is 1290. The first-order valence-electron chi connectivity index (χ1n) is 13.4. The van der Waals surface area contributed by atoms with E-state index in [1.54, 1.807) is 53.1 Å². The number of likely N-dealkylation sites (tertiary alicyclic amines) is 2. The molecule has 5 rings (SSSR count). The molecule has 0 saturated carbocycles. The lowest BCUT2D eigenvalue weighted by atomic mass is 10.1. The average molecular weight is 563 g/mol. The molecule has 3 heterocycles. The number of rotatable bonds is 8. The maximum Gasteiger partial charge on any atom is 0.245 e. The molecule has 1 unspecified atom stereocenters. The van der Waals surface area contributed by atoms with Crippen LogP contribution in [0.3, 0.4) is 0 Å². The lowest BCUT2D eigenvalue weighted by Gasteiger charge is -2.33. The van der Waals surface area contributed by atoms with Crippen LogP contribution < -0.4 is 0 Å². The van der Waals surface area contributed by atoms with E-state index in [0.29, 0.717) is 50.8 Å². The Labute approximate surface area is 229 Å². The van der Waals surface area contributed by atoms with Gasteiger partial charge in [0.1, 0.15) is 12.1 Å². The molecule has 0 aromatic heterocycles. The second-order valence-electron chi connectivity index (χ2n) is 10.3. The molecule has 2 aromatic rings. The molecule has 2 aromatic carbocycles. The molecular formula is C27H35ClN4O5S. The zero-order chi connectivity index (χ0) is 26.9. The standard InChI is InChI=1S/C27H35ClN4O5S/c1-20(26(33)30-14-16-37-17-15-30)31-11-8-25(27(31)34)32(13-12-29-9-2-3-10-29)38(35,36)24-7-5-21-18-23(28)6-4-22(21)19-24/h4-7,18-20,25H,2-3,8-17H2,1H3/t20-,25?/m0/s1. The third-order valence-corrected chi connectivity index (χ3v) is 10.1. The summed E-state index contributed by atoms with van der Waals surface area (Å²) < 4.78 is 34.8. The van der Waals surface area contributed by atoms with Crippen molar-refractivity contribution in [2.24, 2.45) is 0 Å². The monoisotopic (exact) mass is 562 g/mol. The summed E-state index contributed by atoms with van der Waals surface area (Å²) in [7, 11) is -3.99. The predicted molar refractivity (Wildman–Crippen MR) is 146 cm³/mol. The number of carbonyl (C=O) groups is 2. The van der Waals surface area contributed by atoms with Crippen molar-refractivity contribution in [2.45, 2.75) is 43.2 Å². The molecule has 9 nitrogen and oxygen atoms in total. The van der Waals surface area contributed by atoms with Gasteiger partial charge in [-0.15, -0.1) is 0 Å². The van der Waals surface area contributed by atoms with Crippen molar-refractivity contribution >= 4 is 44.2 Å². The minimum atomic E-state index is -3.99. The molecule has 2 amide bonds. The molecule has 3 aliphatic heterocycles. The van der Waals surface area contributed by atoms with Crippen LogP contribution in [-0.2, 0) is 24.3 Å². The number of nitrogens with zero attached hydrogens (tertiary/aromatic N) is 4. The van der Waals surface area contributed by atoms with Crippen LogP contribution in [0.2, 0.25) is 5.02 Å². The van der Waals surface area contributed by atoms with Crippen LogP contribution in [0.1, 0.15) is 26.2 Å². The molecule has 0 radical (unpaired) electrons. The van der Waals surface area contributed by atoms with Gasteiger partial charge < -0.3 is 19.4 Å². The fourth-order valence-electron chi connectivity index (χ4n) is 5.70. The quantitative estimate of drug-likeness (QED) is 0.491. The minimum absolute atomic E-state index is 0.123. The van der Waals surface area contributed by atoms with Gasteiger partial charge in [-0.2, -0.15) is 4.31 Å². The molecule has 3 saturated heterocycles. The number of morpholine rings is 1. The second-order valence-corrected chi connectivity index (χ2v) is 12.6. The van der Waals surface area contributed by atoms with Gasteiger partial charge in [-0.1, -0.05) is 23.7 Å². The molecule has 206 valence electrons. The summed E-state index contributed by atoms with van der Waals surface area (Å²) in [5.74, 6) is -0.432. The Balaban J connectivity index is 1.40. The summed E-state index contributed by atoms with van der Waals surface area (Å²) >= 11 is 6.11. The number of hydrogen-bond acceptors (Lipinski definition) is 6. The topological polar surface area (TPSA) is 90.5 Å². The number of hydrogen-bond donors (Lipinski definition) is 0. The summed E-state index contributed by atoms with van der Waals surface area (Å²) in [6, 6.07) is 8.80. The van der Waals surface area contributed by atoms with Gasteiger partial charge in [0.2, 0.25) is 21.8 Å². The summed E-state index contributed by atoms with van der Waals surface area (Å²) in [5, 5.41) is 2.19. The molecule has 3 fully saturated rings. The van der Waals surface area contributed by atoms with E-state index in [9.17, 15) is 18.0 Å². The number of amides is 2. The maximum absolute atomic E-state index is 14.1. The number of ether oxygens (including phenoxy) is 1. The number of benzene rings is 2. The first-order chi connectivity index (χ1) is 18.3. The summed E-state index contributed by atoms with van der Waals surface area (Å²) in [6.07, 6.45) is 2.54. The van der Waals surface area contributed by atoms with E-state index in [1.165, 1.54) is 4.31 Å². The lowest BCUT2D eigenvalue weighted by molar-refractivity contribution is -0.146. The molecule has 0 aliphatic carbocycles. The van der Waals surface area contributed by atoms with E-state index in [2.05, 4.69) is 4.90 Å². The van der Waals surface area contributed by atoms with E-state index < -0.39 is 22.1 Å². The van der Waals surface area contributed by atoms with Crippen LogP contribution in [0.4, 0.5) is 0 Å². The van der Waals surface area contributed by atoms with Gasteiger partial charge in [-0.05, 0) is 74.3 Å². The van der Waals surface area contributed by atoms with Gasteiger partial charge >= 0.3 is 0 Å². The fraction of sp³-hybridized carbons (Fsp3) is 0.556. The Morgan fingerprint density at radius 1 is 1.05 bits per heavy atom. The lowest BCUT2D eigenvalue weighted by Crippen LogP contribution is -2.53. The van der Waals surface area contributed by atoms with Crippen LogP contribution >= 0.6 is 11.6 Å². The molecule has 0 N–H and O–H groups in total. The third kappa shape index (κ3) is 5.56. The first kappa shape index (κ1) is 27.3. The molecule has 11 heteroatoms. The van der Waals surface area contributed by atoms with Crippen LogP contribution in [0.25, 0.3) is 10.8 Å². The van der Waals surface area contributed by atoms with E-state index in [4.69, 9.17) is 16.3 Å². The van der Waals surface area contributed by atoms with Crippen molar-refractivity contribution in [1.82, 2.24) is 19.0 Å². The highest BCUT2D eigenvalue weighted by molar-refractivity contribution is 7.89. The number of carbonyl (C=O) groups excluding carboxylic acids is 2. The predicted octanol–water partition coefficient (Wildman–Crippen LogP) is 2.43. The third-order valence-electron chi connectivity index (χ3n) is 7.92. The first-order valence-corrected chi connectivity index (χ1v) is 15.2. The average Bonchev–Trinajstić information content (AvgIpc) is 3.58. The van der Waals surface area contributed by atoms with Crippen molar-refractivity contribution in [3.8, 4) is 0 Å². The van der Waals surface area contributed by atoms with Gasteiger partial charge in [0.15, 0.2) is 0 Å². The molecule has 0 bridgehead atoms. The zero-order valence-corrected chi connectivity index (χ0v) is 23.3. The molecular weight excluding hydrogens is 528 g/mol. The van der Waals surface area contributed by atoms with Crippen LogP contribution in [0.15, 0.2) is 41.3 Å². The number of sulfonamides is 1. The van der Waals surface area contributed by atoms with Gasteiger partial charge in [-0.25, -0.2) is 8.42 Å². The van der Waals surface area contributed by atoms with Crippen molar-refractivity contribution in [3.05, 3.63) is 41.4 Å². The van der Waals surface area contributed by atoms with Crippen molar-refractivity contribution in [3.63, 3.8) is 0 Å². The van der Waals surface area contributed by atoms with E-state index >= 15 is 0 Å². The summed E-state index contributed by atoms with van der Waals surface area (Å²) in [5.41, 5.74) is 0. The van der Waals surface area contributed by atoms with Gasteiger partial charge in [0, 0.05) is 37.7 Å². The smallest absolute Gasteiger partial charge is 0.245 e. The van der Waals surface area contributed by atoms with Crippen LogP contribution in [-0.4, -0.2) is 110 Å². The Morgan fingerprint density at radius 3 is 2.47 bits per heavy atom. The normalized spacial score (nSPS) is 22.1. The van der Waals surface area contributed by atoms with Crippen LogP contribution in [0.5, 0.6) is 0 Å². The minimum Gasteiger partial charge on any atom is -0.378 e. The Kier molecular flexibility index (Phi) is 8.25. The highest BCUT2D eigenvalue weighted by Gasteiger charge is 2.45. The van der Waals surface area contributed by atoms with Gasteiger partial charge in [0.25, 0.3) is 0 Å². The van der Waals surface area contributed by atoms with Crippen LogP contribution in [0, 0.1) is 0 Å². The largest absolute Gasteiger partial charge is 0.378 e. The Morgan fingerprint density at radius 2 is 1.74 bits per heavy atom. The van der Waals surface area contributed by atoms with Gasteiger partial charge in [0.05, 0.1) is 18.1 Å². The molecule has 3 aliphatic rings. The summed E-state index contributed by atoms with van der Waals surface area (Å²) in [6.45, 7) is 6.68. The molecule has 2 atom stereocenters. The van der Waals surface area contributed by atoms with Crippen molar-refractivity contribution in [1.29, 1.82) is 0 Å². The van der Waals surface area contributed by atoms with E-state index in [-0.39, 0.29) is 23.3 Å². The van der Waals surface area contributed by atoms with E-state index in [0.717, 1.165) is 36.7 Å². The highest BCUT2D eigenvalue weighted by Crippen LogP contribution is 2.29. The van der Waals surface area contributed by atoms with E-state index in [1.807, 2.05) is 0 Å². The molecule has 0 spiro atoms. The summed E-state index contributed by atoms with van der Waals surface area (Å²) in [4.78, 5) is 32.5. The number of halogens is 1. The van der Waals surface area contributed by atoms with Crippen molar-refractivity contribution < 1.29 is 22.7 Å². The highest BCUT2D eigenvalue weighted by atomic mass is 35.5. The Hall–Kier alpha value is -2.24. The zero-order valence-electron chi connectivity index (χ0n) is 21.7.